The van der Waals surface area contributed by atoms with Gasteiger partial charge in [0.1, 0.15) is 23.2 Å². The zero-order valence-corrected chi connectivity index (χ0v) is 31.1. The molecule has 1 unspecified atom stereocenters. The van der Waals surface area contributed by atoms with Crippen molar-refractivity contribution in [2.75, 3.05) is 19.6 Å². The Balaban J connectivity index is 1.30. The molecule has 0 bridgehead atoms. The summed E-state index contributed by atoms with van der Waals surface area (Å²) in [6.07, 6.45) is 7.77. The van der Waals surface area contributed by atoms with E-state index in [4.69, 9.17) is 4.74 Å². The van der Waals surface area contributed by atoms with E-state index >= 15 is 0 Å². The quantitative estimate of drug-likeness (QED) is 0.357. The maximum Gasteiger partial charge on any atom is 0.408 e. The van der Waals surface area contributed by atoms with Crippen LogP contribution >= 0.6 is 0 Å². The smallest absolute Gasteiger partial charge is 0.408 e. The first-order valence-corrected chi connectivity index (χ1v) is 20.0. The van der Waals surface area contributed by atoms with Crippen LogP contribution in [0, 0.1) is 5.92 Å². The number of fused-ring (bicyclic) bond motifs is 2. The van der Waals surface area contributed by atoms with Crippen LogP contribution in [0.5, 0.6) is 0 Å². The summed E-state index contributed by atoms with van der Waals surface area (Å²) in [5.74, 6) is -2.08. The summed E-state index contributed by atoms with van der Waals surface area (Å²) in [6.45, 7) is 6.60. The average molecular weight is 734 g/mol. The number of piperazine rings is 1. The normalized spacial score (nSPS) is 26.8. The fraction of sp³-hybridized carbons (Fsp3) is 0.538. The van der Waals surface area contributed by atoms with Crippen molar-refractivity contribution in [2.24, 2.45) is 5.92 Å². The molecule has 1 saturated heterocycles. The van der Waals surface area contributed by atoms with Gasteiger partial charge in [0.15, 0.2) is 0 Å². The van der Waals surface area contributed by atoms with Crippen molar-refractivity contribution >= 4 is 33.8 Å². The zero-order valence-electron chi connectivity index (χ0n) is 30.3. The summed E-state index contributed by atoms with van der Waals surface area (Å²) in [5, 5.41) is 5.13. The van der Waals surface area contributed by atoms with Crippen LogP contribution in [0.2, 0.25) is 0 Å². The lowest BCUT2D eigenvalue weighted by Gasteiger charge is -2.42. The predicted octanol–water partition coefficient (Wildman–Crippen LogP) is 4.26. The Labute approximate surface area is 306 Å². The Morgan fingerprint density at radius 2 is 1.69 bits per heavy atom. The summed E-state index contributed by atoms with van der Waals surface area (Å²) in [5.41, 5.74) is 0.961. The van der Waals surface area contributed by atoms with Gasteiger partial charge in [-0.25, -0.2) is 13.2 Å². The summed E-state index contributed by atoms with van der Waals surface area (Å²) < 4.78 is 33.5. The van der Waals surface area contributed by atoms with E-state index in [0.717, 1.165) is 36.0 Å². The number of alkyl carbamates (subject to hydrolysis) is 1. The molecule has 13 heteroatoms. The number of carbonyl (C=O) groups excluding carboxylic acids is 4. The van der Waals surface area contributed by atoms with E-state index in [9.17, 15) is 27.6 Å². The van der Waals surface area contributed by atoms with E-state index < -0.39 is 62.3 Å². The van der Waals surface area contributed by atoms with Crippen LogP contribution in [-0.4, -0.2) is 90.1 Å². The fourth-order valence-electron chi connectivity index (χ4n) is 7.19. The molecule has 0 aromatic heterocycles. The predicted molar refractivity (Wildman–Crippen MR) is 197 cm³/mol. The van der Waals surface area contributed by atoms with Gasteiger partial charge in [0.2, 0.25) is 21.8 Å². The van der Waals surface area contributed by atoms with Crippen molar-refractivity contribution in [1.82, 2.24) is 25.2 Å². The fourth-order valence-corrected chi connectivity index (χ4v) is 8.56. The topological polar surface area (TPSA) is 154 Å². The lowest BCUT2D eigenvalue weighted by Crippen LogP contribution is -2.65. The first kappa shape index (κ1) is 37.5. The van der Waals surface area contributed by atoms with Gasteiger partial charge in [0, 0.05) is 32.1 Å². The highest BCUT2D eigenvalue weighted by Gasteiger charge is 2.62. The van der Waals surface area contributed by atoms with Gasteiger partial charge in [-0.3, -0.25) is 24.0 Å². The van der Waals surface area contributed by atoms with Crippen molar-refractivity contribution in [3.63, 3.8) is 0 Å². The van der Waals surface area contributed by atoms with Gasteiger partial charge in [0.05, 0.1) is 5.25 Å². The first-order chi connectivity index (χ1) is 24.8. The Morgan fingerprint density at radius 1 is 0.962 bits per heavy atom. The summed E-state index contributed by atoms with van der Waals surface area (Å²) in [4.78, 5) is 59.3. The number of nitrogens with one attached hydrogen (secondary N) is 3. The molecular weight excluding hydrogens is 683 g/mol. The number of rotatable bonds is 7. The average Bonchev–Trinajstić information content (AvgIpc) is 4.03. The van der Waals surface area contributed by atoms with Crippen LogP contribution in [0.15, 0.2) is 66.7 Å². The van der Waals surface area contributed by atoms with Gasteiger partial charge in [-0.2, -0.15) is 0 Å². The second-order valence-electron chi connectivity index (χ2n) is 15.5. The van der Waals surface area contributed by atoms with Crippen molar-refractivity contribution in [1.29, 1.82) is 0 Å². The number of ether oxygens (including phenoxy) is 1. The van der Waals surface area contributed by atoms with Crippen LogP contribution in [0.25, 0.3) is 11.1 Å². The largest absolute Gasteiger partial charge is 0.444 e. The van der Waals surface area contributed by atoms with E-state index in [0.29, 0.717) is 38.8 Å². The number of hydrogen-bond acceptors (Lipinski definition) is 8. The molecule has 3 fully saturated rings. The molecule has 0 radical (unpaired) electrons. The van der Waals surface area contributed by atoms with Crippen molar-refractivity contribution < 1.29 is 32.3 Å². The molecule has 0 spiro atoms. The molecule has 2 saturated carbocycles. The van der Waals surface area contributed by atoms with Crippen LogP contribution in [0.1, 0.15) is 77.7 Å². The van der Waals surface area contributed by atoms with E-state index in [1.165, 1.54) is 4.90 Å². The number of sulfonamides is 1. The van der Waals surface area contributed by atoms with Crippen molar-refractivity contribution in [3.8, 4) is 11.1 Å². The summed E-state index contributed by atoms with van der Waals surface area (Å²) in [7, 11) is -3.86. The molecule has 2 aliphatic heterocycles. The third kappa shape index (κ3) is 9.03. The van der Waals surface area contributed by atoms with Crippen molar-refractivity contribution in [3.05, 3.63) is 72.3 Å². The Kier molecular flexibility index (Phi) is 11.1. The maximum atomic E-state index is 14.5. The summed E-state index contributed by atoms with van der Waals surface area (Å²) >= 11 is 0. The third-order valence-corrected chi connectivity index (χ3v) is 12.1. The molecule has 52 heavy (non-hydrogen) atoms. The van der Waals surface area contributed by atoms with E-state index in [1.54, 1.807) is 20.8 Å². The molecule has 6 rings (SSSR count). The molecule has 4 aliphatic rings. The molecule has 2 aromatic carbocycles. The zero-order chi connectivity index (χ0) is 37.1. The number of allylic oxidation sites excluding steroid dienone is 1. The molecule has 280 valence electrons. The molecule has 3 N–H and O–H groups in total. The molecule has 2 heterocycles. The van der Waals surface area contributed by atoms with Gasteiger partial charge in [-0.1, -0.05) is 79.6 Å². The molecule has 12 nitrogen and oxygen atoms in total. The van der Waals surface area contributed by atoms with Crippen LogP contribution in [0.3, 0.4) is 0 Å². The number of nitrogens with zero attached hydrogens (tertiary/aromatic N) is 2. The van der Waals surface area contributed by atoms with Gasteiger partial charge >= 0.3 is 6.09 Å². The van der Waals surface area contributed by atoms with E-state index in [-0.39, 0.29) is 25.4 Å². The van der Waals surface area contributed by atoms with Crippen LogP contribution in [-0.2, 0) is 35.7 Å². The Morgan fingerprint density at radius 3 is 2.42 bits per heavy atom. The molecular formula is C39H51N5O7S. The minimum atomic E-state index is -3.86. The minimum Gasteiger partial charge on any atom is -0.444 e. The highest BCUT2D eigenvalue weighted by molar-refractivity contribution is 7.91. The Hall–Kier alpha value is -4.23. The van der Waals surface area contributed by atoms with Gasteiger partial charge in [0.25, 0.3) is 5.91 Å². The monoisotopic (exact) mass is 733 g/mol. The molecule has 2 aliphatic carbocycles. The SMILES string of the molecule is CC(C)(C)OC(=O)N[C@H]1CCCCC/C=C/C2C[C@]2(C(=O)NS(=O)(=O)C2CC2)NC(=O)[C@@H]2CN(Cc3ccccc3-c3ccccc3)CCN2C1=O. The highest BCUT2D eigenvalue weighted by Crippen LogP contribution is 2.46. The second kappa shape index (κ2) is 15.4. The van der Waals surface area contributed by atoms with Crippen LogP contribution in [0.4, 0.5) is 4.79 Å². The van der Waals surface area contributed by atoms with E-state index in [2.05, 4.69) is 44.5 Å². The van der Waals surface area contributed by atoms with Gasteiger partial charge < -0.3 is 20.3 Å². The lowest BCUT2D eigenvalue weighted by molar-refractivity contribution is -0.146. The number of hydrogen-bond donors (Lipinski definition) is 3. The minimum absolute atomic E-state index is 0.165. The molecule has 4 atom stereocenters. The van der Waals surface area contributed by atoms with Gasteiger partial charge in [-0.05, 0) is 76.0 Å². The van der Waals surface area contributed by atoms with Crippen molar-refractivity contribution in [2.45, 2.75) is 107 Å². The first-order valence-electron chi connectivity index (χ1n) is 18.5. The van der Waals surface area contributed by atoms with E-state index in [1.807, 2.05) is 42.5 Å². The number of benzene rings is 2. The van der Waals surface area contributed by atoms with Gasteiger partial charge in [-0.15, -0.1) is 0 Å². The summed E-state index contributed by atoms with van der Waals surface area (Å²) in [6, 6.07) is 16.2. The second-order valence-corrected chi connectivity index (χ2v) is 17.5. The standard InChI is InChI=1S/C39H51N5O7S/c1-38(2,3)51-37(48)40-32-19-11-6-4-5-10-17-29-24-39(29,36(47)42-52(49,50)30-20-21-30)41-34(45)33-26-43(22-23-44(33)35(32)46)25-28-16-12-13-18-31(28)27-14-8-7-9-15-27/h7-10,12-18,29-30,32-33H,4-6,11,19-26H2,1-3H3,(H,40,48)(H,41,45)(H,42,47)/b17-10+/t29?,32-,33-,39-/m0/s1. The lowest BCUT2D eigenvalue weighted by atomic mass is 9.98. The molecule has 2 aromatic rings. The number of carbonyl (C=O) groups is 4. The highest BCUT2D eigenvalue weighted by atomic mass is 32.2. The Bertz CT molecular complexity index is 1790. The third-order valence-electron chi connectivity index (χ3n) is 10.2. The molecule has 4 amide bonds. The maximum absolute atomic E-state index is 14.5. The number of amides is 4. The van der Waals surface area contributed by atoms with Crippen LogP contribution < -0.4 is 15.4 Å².